The first kappa shape index (κ1) is 35.8. The summed E-state index contributed by atoms with van der Waals surface area (Å²) in [5, 5.41) is 5.36. The van der Waals surface area contributed by atoms with Gasteiger partial charge >= 0.3 is 13.3 Å². The number of nitrogens with zero attached hydrogens (tertiary/aromatic N) is 3. The van der Waals surface area contributed by atoms with Crippen molar-refractivity contribution < 1.29 is 47.1 Å². The van der Waals surface area contributed by atoms with Crippen LogP contribution in [-0.4, -0.2) is 105 Å². The predicted octanol–water partition coefficient (Wildman–Crippen LogP) is 1.40. The topological polar surface area (TPSA) is 177 Å². The third-order valence-corrected chi connectivity index (χ3v) is 8.97. The summed E-state index contributed by atoms with van der Waals surface area (Å²) >= 11 is 0. The number of halogens is 2. The van der Waals surface area contributed by atoms with Crippen LogP contribution in [-0.2, 0) is 34.2 Å². The zero-order valence-electron chi connectivity index (χ0n) is 25.4. The zero-order chi connectivity index (χ0) is 33.5. The highest BCUT2D eigenvalue weighted by atomic mass is 31.2. The Labute approximate surface area is 260 Å². The van der Waals surface area contributed by atoms with Crippen LogP contribution in [0.2, 0.25) is 0 Å². The Morgan fingerprint density at radius 1 is 1.13 bits per heavy atom. The van der Waals surface area contributed by atoms with Crippen LogP contribution in [0.25, 0.3) is 6.08 Å². The second-order valence-electron chi connectivity index (χ2n) is 11.2. The van der Waals surface area contributed by atoms with E-state index < -0.39 is 42.7 Å². The second kappa shape index (κ2) is 15.1. The van der Waals surface area contributed by atoms with Crippen LogP contribution < -0.4 is 10.6 Å². The van der Waals surface area contributed by atoms with Crippen molar-refractivity contribution in [3.63, 3.8) is 0 Å². The predicted molar refractivity (Wildman–Crippen MR) is 159 cm³/mol. The number of carbonyl (C=O) groups is 5. The van der Waals surface area contributed by atoms with Gasteiger partial charge in [-0.1, -0.05) is 31.2 Å². The van der Waals surface area contributed by atoms with Gasteiger partial charge in [0.25, 0.3) is 0 Å². The molecule has 3 atom stereocenters. The fraction of sp³-hybridized carbons (Fsp3) is 0.552. The van der Waals surface area contributed by atoms with Gasteiger partial charge in [-0.3, -0.25) is 28.5 Å². The van der Waals surface area contributed by atoms with Crippen LogP contribution in [0.3, 0.4) is 0 Å². The fourth-order valence-electron chi connectivity index (χ4n) is 5.40. The minimum Gasteiger partial charge on any atom is -0.356 e. The minimum atomic E-state index is -5.73. The summed E-state index contributed by atoms with van der Waals surface area (Å²) in [4.78, 5) is 86.3. The molecule has 2 saturated heterocycles. The molecular formula is C29H40F2N5O8P. The van der Waals surface area contributed by atoms with Crippen LogP contribution in [0, 0.1) is 0 Å². The maximum Gasteiger partial charge on any atom is 0.399 e. The summed E-state index contributed by atoms with van der Waals surface area (Å²) in [6.45, 7) is 4.09. The SMILES string of the molecule is CCC(=O)NCCCN(C)C(=O)[C@@H]1CC[C@@H]2CCN(C(C)=O)C[C@H](NC(=O)/C=C/c3ccc(C(F)(F)P(=O)(O)O)cc3)C(=O)N21. The van der Waals surface area contributed by atoms with Crippen LogP contribution in [0.15, 0.2) is 30.3 Å². The highest BCUT2D eigenvalue weighted by molar-refractivity contribution is 7.52. The fourth-order valence-corrected chi connectivity index (χ4v) is 5.88. The van der Waals surface area contributed by atoms with Crippen molar-refractivity contribution in [2.24, 2.45) is 0 Å². The molecule has 0 radical (unpaired) electrons. The van der Waals surface area contributed by atoms with E-state index in [1.54, 1.807) is 14.0 Å². The maximum absolute atomic E-state index is 13.9. The Hall–Kier alpha value is -3.68. The summed E-state index contributed by atoms with van der Waals surface area (Å²) in [5.41, 5.74) is -4.99. The number of carbonyl (C=O) groups excluding carboxylic acids is 5. The molecule has 45 heavy (non-hydrogen) atoms. The maximum atomic E-state index is 13.9. The monoisotopic (exact) mass is 655 g/mol. The molecule has 0 bridgehead atoms. The molecule has 13 nitrogen and oxygen atoms in total. The molecule has 2 heterocycles. The summed E-state index contributed by atoms with van der Waals surface area (Å²) < 4.78 is 39.0. The lowest BCUT2D eigenvalue weighted by molar-refractivity contribution is -0.149. The largest absolute Gasteiger partial charge is 0.399 e. The normalized spacial score (nSPS) is 20.8. The number of amides is 5. The molecule has 2 fully saturated rings. The highest BCUT2D eigenvalue weighted by Gasteiger charge is 2.50. The van der Waals surface area contributed by atoms with E-state index in [0.717, 1.165) is 30.3 Å². The lowest BCUT2D eigenvalue weighted by Crippen LogP contribution is -2.61. The molecule has 0 unspecified atom stereocenters. The van der Waals surface area contributed by atoms with Gasteiger partial charge in [0.15, 0.2) is 0 Å². The van der Waals surface area contributed by atoms with Crippen LogP contribution >= 0.6 is 7.60 Å². The molecule has 3 rings (SSSR count). The van der Waals surface area contributed by atoms with Gasteiger partial charge < -0.3 is 35.1 Å². The van der Waals surface area contributed by atoms with Crippen LogP contribution in [0.5, 0.6) is 0 Å². The summed E-state index contributed by atoms with van der Waals surface area (Å²) in [6.07, 6.45) is 4.67. The lowest BCUT2D eigenvalue weighted by Gasteiger charge is -2.39. The molecule has 248 valence electrons. The summed E-state index contributed by atoms with van der Waals surface area (Å²) in [6, 6.07) is 1.75. The summed E-state index contributed by atoms with van der Waals surface area (Å²) in [5.74, 6) is -1.84. The number of hydrogen-bond donors (Lipinski definition) is 4. The van der Waals surface area contributed by atoms with Gasteiger partial charge in [0.2, 0.25) is 29.5 Å². The average molecular weight is 656 g/mol. The van der Waals surface area contributed by atoms with Crippen LogP contribution in [0.1, 0.15) is 57.1 Å². The standard InChI is InChI=1S/C29H40F2N5O8P/c1-4-25(38)32-15-5-16-34(3)28(41)24-12-11-22-14-17-35(19(2)37)18-23(27(40)36(22)24)33-26(39)13-8-20-6-9-21(10-7-20)29(30,31)45(42,43)44/h6-10,13,22-24H,4-5,11-12,14-18H2,1-3H3,(H,32,38)(H,33,39)(H2,42,43,44)/b13-8+/t22-,23+,24+/m1/s1. The smallest absolute Gasteiger partial charge is 0.356 e. The van der Waals surface area contributed by atoms with Crippen molar-refractivity contribution in [3.05, 3.63) is 41.5 Å². The van der Waals surface area contributed by atoms with Crippen molar-refractivity contribution in [3.8, 4) is 0 Å². The molecular weight excluding hydrogens is 615 g/mol. The van der Waals surface area contributed by atoms with E-state index in [1.165, 1.54) is 27.7 Å². The highest BCUT2D eigenvalue weighted by Crippen LogP contribution is 2.59. The molecule has 0 aromatic heterocycles. The molecule has 2 aliphatic heterocycles. The zero-order valence-corrected chi connectivity index (χ0v) is 26.3. The Kier molecular flexibility index (Phi) is 12.0. The second-order valence-corrected chi connectivity index (χ2v) is 12.8. The molecule has 1 aromatic carbocycles. The van der Waals surface area contributed by atoms with E-state index in [-0.39, 0.29) is 35.9 Å². The van der Waals surface area contributed by atoms with Gasteiger partial charge in [-0.2, -0.15) is 8.78 Å². The lowest BCUT2D eigenvalue weighted by atomic mass is 10.1. The van der Waals surface area contributed by atoms with Gasteiger partial charge in [-0.05, 0) is 37.3 Å². The number of fused-ring (bicyclic) bond motifs is 1. The Morgan fingerprint density at radius 3 is 2.40 bits per heavy atom. The van der Waals surface area contributed by atoms with Crippen molar-refractivity contribution >= 4 is 43.2 Å². The molecule has 5 amide bonds. The van der Waals surface area contributed by atoms with E-state index in [1.807, 2.05) is 0 Å². The molecule has 0 spiro atoms. The van der Waals surface area contributed by atoms with Gasteiger partial charge in [0.05, 0.1) is 0 Å². The number of benzene rings is 1. The average Bonchev–Trinajstić information content (AvgIpc) is 3.40. The van der Waals surface area contributed by atoms with Crippen molar-refractivity contribution in [2.45, 2.75) is 69.7 Å². The van der Waals surface area contributed by atoms with Gasteiger partial charge in [0.1, 0.15) is 12.1 Å². The van der Waals surface area contributed by atoms with Gasteiger partial charge in [0, 0.05) is 64.3 Å². The number of nitrogens with one attached hydrogen (secondary N) is 2. The third-order valence-electron chi connectivity index (χ3n) is 7.98. The Bertz CT molecular complexity index is 1350. The molecule has 0 saturated carbocycles. The van der Waals surface area contributed by atoms with Crippen molar-refractivity contribution in [1.82, 2.24) is 25.3 Å². The Morgan fingerprint density at radius 2 is 1.80 bits per heavy atom. The number of rotatable bonds is 11. The van der Waals surface area contributed by atoms with E-state index >= 15 is 0 Å². The molecule has 2 aliphatic rings. The van der Waals surface area contributed by atoms with E-state index in [0.29, 0.717) is 51.7 Å². The van der Waals surface area contributed by atoms with Crippen molar-refractivity contribution in [1.29, 1.82) is 0 Å². The third kappa shape index (κ3) is 8.95. The van der Waals surface area contributed by atoms with Crippen molar-refractivity contribution in [2.75, 3.05) is 33.2 Å². The number of hydrogen-bond acceptors (Lipinski definition) is 6. The summed E-state index contributed by atoms with van der Waals surface area (Å²) in [7, 11) is -4.10. The first-order chi connectivity index (χ1) is 21.1. The molecule has 1 aromatic rings. The van der Waals surface area contributed by atoms with E-state index in [2.05, 4.69) is 10.6 Å². The quantitative estimate of drug-likeness (QED) is 0.157. The van der Waals surface area contributed by atoms with Gasteiger partial charge in [-0.25, -0.2) is 0 Å². The molecule has 16 heteroatoms. The van der Waals surface area contributed by atoms with Gasteiger partial charge in [-0.15, -0.1) is 0 Å². The van der Waals surface area contributed by atoms with Crippen LogP contribution in [0.4, 0.5) is 8.78 Å². The molecule has 0 aliphatic carbocycles. The number of alkyl halides is 2. The molecule has 4 N–H and O–H groups in total. The van der Waals surface area contributed by atoms with E-state index in [9.17, 15) is 37.3 Å². The van der Waals surface area contributed by atoms with E-state index in [4.69, 9.17) is 9.79 Å². The first-order valence-electron chi connectivity index (χ1n) is 14.7. The first-order valence-corrected chi connectivity index (χ1v) is 16.3. The number of likely N-dealkylation sites (N-methyl/N-ethyl adjacent to an activating group) is 1. The minimum absolute atomic E-state index is 0.0860. The Balaban J connectivity index is 1.73.